The Balaban J connectivity index is 2.80. The number of hydrogen-bond acceptors (Lipinski definition) is 2. The number of aryl methyl sites for hydroxylation is 1. The topological polar surface area (TPSA) is 76.8 Å². The summed E-state index contributed by atoms with van der Waals surface area (Å²) >= 11 is 0. The Morgan fingerprint density at radius 3 is 2.53 bits per heavy atom. The Morgan fingerprint density at radius 1 is 1.11 bits per heavy atom. The van der Waals surface area contributed by atoms with Gasteiger partial charge in [-0.05, 0) is 25.3 Å². The fourth-order valence-corrected chi connectivity index (χ4v) is 1.91. The van der Waals surface area contributed by atoms with Crippen LogP contribution in [0, 0.1) is 6.92 Å². The highest BCUT2D eigenvalue weighted by Gasteiger charge is 2.04. The summed E-state index contributed by atoms with van der Waals surface area (Å²) in [7, 11) is 0. The van der Waals surface area contributed by atoms with Gasteiger partial charge in [-0.1, -0.05) is 56.0 Å². The minimum absolute atomic E-state index is 0.00119. The van der Waals surface area contributed by atoms with E-state index in [1.165, 1.54) is 24.8 Å². The third kappa shape index (κ3) is 6.04. The molecule has 0 spiro atoms. The van der Waals surface area contributed by atoms with Crippen molar-refractivity contribution in [2.75, 3.05) is 0 Å². The number of rotatable bonds is 7. The van der Waals surface area contributed by atoms with E-state index in [1.807, 2.05) is 12.1 Å². The minimum Gasteiger partial charge on any atom is -0.369 e. The first-order chi connectivity index (χ1) is 9.13. The van der Waals surface area contributed by atoms with Gasteiger partial charge in [-0.2, -0.15) is 5.10 Å². The molecule has 0 radical (unpaired) electrons. The van der Waals surface area contributed by atoms with E-state index in [4.69, 9.17) is 11.5 Å². The molecule has 4 nitrogen and oxygen atoms in total. The third-order valence-electron chi connectivity index (χ3n) is 2.90. The van der Waals surface area contributed by atoms with Gasteiger partial charge in [-0.25, -0.2) is 0 Å². The first-order valence-corrected chi connectivity index (χ1v) is 6.86. The zero-order chi connectivity index (χ0) is 14.1. The van der Waals surface area contributed by atoms with Gasteiger partial charge in [-0.3, -0.25) is 0 Å². The van der Waals surface area contributed by atoms with Crippen molar-refractivity contribution in [3.05, 3.63) is 35.4 Å². The van der Waals surface area contributed by atoms with Gasteiger partial charge in [-0.15, -0.1) is 5.10 Å². The van der Waals surface area contributed by atoms with E-state index in [9.17, 15) is 0 Å². The zero-order valence-corrected chi connectivity index (χ0v) is 11.9. The molecule has 4 N–H and O–H groups in total. The molecule has 19 heavy (non-hydrogen) atoms. The zero-order valence-electron chi connectivity index (χ0n) is 11.9. The summed E-state index contributed by atoms with van der Waals surface area (Å²) < 4.78 is 0. The van der Waals surface area contributed by atoms with Gasteiger partial charge < -0.3 is 11.5 Å². The first kappa shape index (κ1) is 15.2. The standard InChI is InChI=1S/C15H24N4/c1-3-4-5-6-10-14(18-19-15(16)17)13-9-7-8-12(2)11-13/h7-9,11H,3-6,10H2,1-2H3,(H4,16,17,19)/b18-14+. The van der Waals surface area contributed by atoms with Gasteiger partial charge in [0, 0.05) is 0 Å². The SMILES string of the molecule is CCCCCC/C(=N\N=C(N)N)c1cccc(C)c1. The van der Waals surface area contributed by atoms with Crippen LogP contribution in [-0.4, -0.2) is 11.7 Å². The van der Waals surface area contributed by atoms with Gasteiger partial charge in [0.15, 0.2) is 0 Å². The molecular weight excluding hydrogens is 236 g/mol. The van der Waals surface area contributed by atoms with Gasteiger partial charge in [0.1, 0.15) is 0 Å². The number of nitrogens with two attached hydrogens (primary N) is 2. The Hall–Kier alpha value is -1.84. The van der Waals surface area contributed by atoms with Crippen molar-refractivity contribution in [2.24, 2.45) is 21.7 Å². The summed E-state index contributed by atoms with van der Waals surface area (Å²) in [5, 5.41) is 7.98. The smallest absolute Gasteiger partial charge is 0.211 e. The van der Waals surface area contributed by atoms with Crippen LogP contribution >= 0.6 is 0 Å². The molecule has 0 unspecified atom stereocenters. The van der Waals surface area contributed by atoms with Gasteiger partial charge >= 0.3 is 0 Å². The van der Waals surface area contributed by atoms with Gasteiger partial charge in [0.2, 0.25) is 5.96 Å². The van der Waals surface area contributed by atoms with Crippen LogP contribution in [-0.2, 0) is 0 Å². The summed E-state index contributed by atoms with van der Waals surface area (Å²) in [5.41, 5.74) is 14.0. The van der Waals surface area contributed by atoms with Crippen LogP contribution < -0.4 is 11.5 Å². The molecule has 0 aliphatic heterocycles. The molecule has 4 heteroatoms. The molecule has 0 heterocycles. The minimum atomic E-state index is -0.00119. The van der Waals surface area contributed by atoms with E-state index in [0.717, 1.165) is 24.1 Å². The number of unbranched alkanes of at least 4 members (excludes halogenated alkanes) is 3. The lowest BCUT2D eigenvalue weighted by molar-refractivity contribution is 0.682. The number of nitrogens with zero attached hydrogens (tertiary/aromatic N) is 2. The molecule has 0 aliphatic rings. The fourth-order valence-electron chi connectivity index (χ4n) is 1.91. The second-order valence-corrected chi connectivity index (χ2v) is 4.75. The van der Waals surface area contributed by atoms with E-state index in [-0.39, 0.29) is 5.96 Å². The molecule has 0 fully saturated rings. The Labute approximate surface area is 115 Å². The summed E-state index contributed by atoms with van der Waals surface area (Å²) in [5.74, 6) is -0.00119. The van der Waals surface area contributed by atoms with Gasteiger partial charge in [0.05, 0.1) is 5.71 Å². The third-order valence-corrected chi connectivity index (χ3v) is 2.90. The second-order valence-electron chi connectivity index (χ2n) is 4.75. The molecule has 1 rings (SSSR count). The van der Waals surface area contributed by atoms with Crippen molar-refractivity contribution in [1.29, 1.82) is 0 Å². The normalized spacial score (nSPS) is 11.4. The molecule has 0 aromatic heterocycles. The molecule has 0 aliphatic carbocycles. The number of hydrogen-bond donors (Lipinski definition) is 2. The van der Waals surface area contributed by atoms with Crippen molar-refractivity contribution in [3.63, 3.8) is 0 Å². The predicted molar refractivity (Wildman–Crippen MR) is 82.3 cm³/mol. The summed E-state index contributed by atoms with van der Waals surface area (Å²) in [6, 6.07) is 8.26. The molecule has 0 amide bonds. The fraction of sp³-hybridized carbons (Fsp3) is 0.467. The van der Waals surface area contributed by atoms with Crippen LogP contribution in [0.1, 0.15) is 50.2 Å². The van der Waals surface area contributed by atoms with Crippen LogP contribution in [0.4, 0.5) is 0 Å². The summed E-state index contributed by atoms with van der Waals surface area (Å²) in [6.45, 7) is 4.27. The van der Waals surface area contributed by atoms with Crippen LogP contribution in [0.25, 0.3) is 0 Å². The van der Waals surface area contributed by atoms with Crippen LogP contribution in [0.5, 0.6) is 0 Å². The highest BCUT2D eigenvalue weighted by molar-refractivity contribution is 6.00. The molecule has 0 saturated carbocycles. The first-order valence-electron chi connectivity index (χ1n) is 6.86. The lowest BCUT2D eigenvalue weighted by Gasteiger charge is -2.06. The largest absolute Gasteiger partial charge is 0.369 e. The lowest BCUT2D eigenvalue weighted by Crippen LogP contribution is -2.22. The summed E-state index contributed by atoms with van der Waals surface area (Å²) in [4.78, 5) is 0. The number of benzene rings is 1. The molecule has 1 aromatic carbocycles. The average Bonchev–Trinajstić information content (AvgIpc) is 2.37. The van der Waals surface area contributed by atoms with Crippen molar-refractivity contribution in [1.82, 2.24) is 0 Å². The van der Waals surface area contributed by atoms with Crippen LogP contribution in [0.3, 0.4) is 0 Å². The van der Waals surface area contributed by atoms with Gasteiger partial charge in [0.25, 0.3) is 0 Å². The highest BCUT2D eigenvalue weighted by atomic mass is 15.3. The van der Waals surface area contributed by atoms with Crippen LogP contribution in [0.15, 0.2) is 34.5 Å². The van der Waals surface area contributed by atoms with E-state index in [1.54, 1.807) is 0 Å². The quantitative estimate of drug-likeness (QED) is 0.342. The van der Waals surface area contributed by atoms with E-state index in [0.29, 0.717) is 0 Å². The molecule has 104 valence electrons. The van der Waals surface area contributed by atoms with Crippen molar-refractivity contribution in [3.8, 4) is 0 Å². The van der Waals surface area contributed by atoms with Crippen LogP contribution in [0.2, 0.25) is 0 Å². The van der Waals surface area contributed by atoms with Crippen molar-refractivity contribution >= 4 is 11.7 Å². The lowest BCUT2D eigenvalue weighted by atomic mass is 10.0. The maximum Gasteiger partial charge on any atom is 0.211 e. The van der Waals surface area contributed by atoms with Crippen molar-refractivity contribution < 1.29 is 0 Å². The molecule has 1 aromatic rings. The Kier molecular flexibility index (Phi) is 6.64. The predicted octanol–water partition coefficient (Wildman–Crippen LogP) is 2.94. The monoisotopic (exact) mass is 260 g/mol. The Bertz CT molecular complexity index is 445. The average molecular weight is 260 g/mol. The maximum atomic E-state index is 5.35. The molecule has 0 saturated heterocycles. The highest BCUT2D eigenvalue weighted by Crippen LogP contribution is 2.12. The van der Waals surface area contributed by atoms with E-state index >= 15 is 0 Å². The molecule has 0 bridgehead atoms. The van der Waals surface area contributed by atoms with Crippen molar-refractivity contribution in [2.45, 2.75) is 46.0 Å². The van der Waals surface area contributed by atoms with E-state index < -0.39 is 0 Å². The summed E-state index contributed by atoms with van der Waals surface area (Å²) in [6.07, 6.45) is 5.71. The second kappa shape index (κ2) is 8.29. The maximum absolute atomic E-state index is 5.35. The van der Waals surface area contributed by atoms with E-state index in [2.05, 4.69) is 36.2 Å². The molecule has 0 atom stereocenters. The number of guanidine groups is 1. The Morgan fingerprint density at radius 2 is 1.89 bits per heavy atom. The molecular formula is C15H24N4.